The Balaban J connectivity index is 0.000000203. The van der Waals surface area contributed by atoms with E-state index in [1.54, 1.807) is 65.5 Å². The van der Waals surface area contributed by atoms with Crippen LogP contribution >= 0.6 is 0 Å². The minimum absolute atomic E-state index is 0.000606. The highest BCUT2D eigenvalue weighted by molar-refractivity contribution is 5.66. The van der Waals surface area contributed by atoms with Gasteiger partial charge in [-0.05, 0) is 98.8 Å². The van der Waals surface area contributed by atoms with Gasteiger partial charge in [0.2, 0.25) is 0 Å². The second kappa shape index (κ2) is 15.3. The number of alkyl halides is 6. The van der Waals surface area contributed by atoms with Crippen LogP contribution in [0.2, 0.25) is 0 Å². The van der Waals surface area contributed by atoms with E-state index in [-0.39, 0.29) is 33.9 Å². The number of hydrogen-bond acceptors (Lipinski definition) is 5. The second-order valence-electron chi connectivity index (χ2n) is 13.0. The number of H-pyrrole nitrogens is 1. The first kappa shape index (κ1) is 40.3. The van der Waals surface area contributed by atoms with Crippen molar-refractivity contribution in [2.24, 2.45) is 14.1 Å². The molecule has 0 amide bonds. The van der Waals surface area contributed by atoms with E-state index in [1.807, 2.05) is 6.07 Å². The lowest BCUT2D eigenvalue weighted by Crippen LogP contribution is -2.40. The molecule has 7 rings (SSSR count). The summed E-state index contributed by atoms with van der Waals surface area (Å²) in [4.78, 5) is 53.9. The van der Waals surface area contributed by atoms with Crippen molar-refractivity contribution < 1.29 is 26.3 Å². The van der Waals surface area contributed by atoms with Crippen LogP contribution in [0.3, 0.4) is 0 Å². The molecule has 0 aliphatic rings. The monoisotopic (exact) mass is 799 g/mol. The quantitative estimate of drug-likeness (QED) is 0.187. The van der Waals surface area contributed by atoms with Crippen molar-refractivity contribution in [3.05, 3.63) is 179 Å². The predicted molar refractivity (Wildman–Crippen MR) is 203 cm³/mol. The molecule has 0 atom stereocenters. The molecule has 0 bridgehead atoms. The molecule has 296 valence electrons. The largest absolute Gasteiger partial charge is 0.416 e. The molecular formula is C41H31F6N7O4. The van der Waals surface area contributed by atoms with Crippen molar-refractivity contribution in [2.75, 3.05) is 0 Å². The summed E-state index contributed by atoms with van der Waals surface area (Å²) in [7, 11) is 2.58. The lowest BCUT2D eigenvalue weighted by atomic mass is 10.1. The van der Waals surface area contributed by atoms with Gasteiger partial charge in [0.1, 0.15) is 0 Å². The molecule has 7 aromatic rings. The van der Waals surface area contributed by atoms with E-state index in [0.29, 0.717) is 22.6 Å². The van der Waals surface area contributed by atoms with Crippen LogP contribution in [-0.2, 0) is 26.4 Å². The van der Waals surface area contributed by atoms with Gasteiger partial charge < -0.3 is 9.55 Å². The van der Waals surface area contributed by atoms with Crippen molar-refractivity contribution >= 4 is 0 Å². The molecule has 11 nitrogen and oxygen atoms in total. The summed E-state index contributed by atoms with van der Waals surface area (Å²) in [5.41, 5.74) is -1.34. The molecule has 0 radical (unpaired) electrons. The summed E-state index contributed by atoms with van der Waals surface area (Å²) >= 11 is 0. The van der Waals surface area contributed by atoms with E-state index in [1.165, 1.54) is 52.2 Å². The van der Waals surface area contributed by atoms with Gasteiger partial charge in [-0.3, -0.25) is 27.9 Å². The van der Waals surface area contributed by atoms with Gasteiger partial charge in [0.15, 0.2) is 0 Å². The highest BCUT2D eigenvalue weighted by Gasteiger charge is 2.32. The Bertz CT molecular complexity index is 2960. The second-order valence-corrected chi connectivity index (χ2v) is 13.0. The van der Waals surface area contributed by atoms with Crippen LogP contribution < -0.4 is 22.5 Å². The van der Waals surface area contributed by atoms with E-state index in [0.717, 1.165) is 42.5 Å². The van der Waals surface area contributed by atoms with Crippen molar-refractivity contribution in [2.45, 2.75) is 26.2 Å². The average Bonchev–Trinajstić information content (AvgIpc) is 3.90. The molecular weight excluding hydrogens is 768 g/mol. The lowest BCUT2D eigenvalue weighted by Gasteiger charge is -2.18. The fourth-order valence-electron chi connectivity index (χ4n) is 6.48. The summed E-state index contributed by atoms with van der Waals surface area (Å²) in [5.74, 6) is 0. The number of rotatable bonds is 5. The van der Waals surface area contributed by atoms with Gasteiger partial charge in [-0.15, -0.1) is 0 Å². The van der Waals surface area contributed by atoms with E-state index in [4.69, 9.17) is 5.26 Å². The van der Waals surface area contributed by atoms with Crippen LogP contribution in [0.1, 0.15) is 28.1 Å². The normalized spacial score (nSPS) is 11.5. The maximum absolute atomic E-state index is 13.3. The number of aromatic nitrogens is 6. The van der Waals surface area contributed by atoms with Crippen LogP contribution in [0.15, 0.2) is 129 Å². The zero-order chi connectivity index (χ0) is 42.3. The predicted octanol–water partition coefficient (Wildman–Crippen LogP) is 7.05. The van der Waals surface area contributed by atoms with E-state index in [2.05, 4.69) is 4.98 Å². The molecule has 0 saturated heterocycles. The van der Waals surface area contributed by atoms with Gasteiger partial charge >= 0.3 is 23.7 Å². The van der Waals surface area contributed by atoms with Crippen LogP contribution in [-0.4, -0.2) is 27.8 Å². The smallest absolute Gasteiger partial charge is 0.361 e. The third-order valence-corrected chi connectivity index (χ3v) is 9.40. The van der Waals surface area contributed by atoms with Gasteiger partial charge in [-0.2, -0.15) is 31.6 Å². The molecule has 0 saturated carbocycles. The molecule has 4 heterocycles. The Morgan fingerprint density at radius 1 is 0.603 bits per heavy atom. The Morgan fingerprint density at radius 3 is 1.57 bits per heavy atom. The number of aromatic amines is 1. The van der Waals surface area contributed by atoms with Crippen LogP contribution in [0, 0.1) is 25.2 Å². The SMILES string of the molecule is Cc1c(-c2ccc[nH]2)c(=O)n(C)c(=O)n1-c1cccc(C(F)(F)F)c1.Cc1c(-c2cccn2-c2ccc(C#N)cc2)c(=O)n(C)c(=O)n1-c1cccc(C(F)(F)F)c1. The third-order valence-electron chi connectivity index (χ3n) is 9.40. The highest BCUT2D eigenvalue weighted by atomic mass is 19.4. The van der Waals surface area contributed by atoms with Gasteiger partial charge in [-0.25, -0.2) is 9.59 Å². The fourth-order valence-corrected chi connectivity index (χ4v) is 6.48. The number of halogens is 6. The Kier molecular flexibility index (Phi) is 10.6. The van der Waals surface area contributed by atoms with E-state index < -0.39 is 46.0 Å². The topological polar surface area (TPSA) is 133 Å². The molecule has 0 fully saturated rings. The van der Waals surface area contributed by atoms with Crippen molar-refractivity contribution in [1.29, 1.82) is 5.26 Å². The molecule has 0 unspecified atom stereocenters. The Labute approximate surface area is 324 Å². The molecule has 0 aliphatic heterocycles. The molecule has 0 spiro atoms. The maximum atomic E-state index is 13.3. The Morgan fingerprint density at radius 2 is 1.10 bits per heavy atom. The minimum atomic E-state index is -4.58. The van der Waals surface area contributed by atoms with Crippen molar-refractivity contribution in [1.82, 2.24) is 27.8 Å². The fraction of sp³-hybridized carbons (Fsp3) is 0.146. The molecule has 0 aliphatic carbocycles. The molecule has 17 heteroatoms. The number of hydrogen-bond donors (Lipinski definition) is 1. The molecule has 4 aromatic heterocycles. The van der Waals surface area contributed by atoms with Crippen LogP contribution in [0.25, 0.3) is 39.6 Å². The molecule has 3 aromatic carbocycles. The summed E-state index contributed by atoms with van der Waals surface area (Å²) in [6.07, 6.45) is -5.78. The number of nitrogens with zero attached hydrogens (tertiary/aromatic N) is 6. The number of nitrogens with one attached hydrogen (secondary N) is 1. The first-order valence-corrected chi connectivity index (χ1v) is 17.2. The molecule has 58 heavy (non-hydrogen) atoms. The summed E-state index contributed by atoms with van der Waals surface area (Å²) < 4.78 is 84.4. The first-order chi connectivity index (χ1) is 27.3. The van der Waals surface area contributed by atoms with Crippen LogP contribution in [0.4, 0.5) is 26.3 Å². The van der Waals surface area contributed by atoms with Gasteiger partial charge in [0.05, 0.1) is 56.6 Å². The lowest BCUT2D eigenvalue weighted by molar-refractivity contribution is -0.138. The standard InChI is InChI=1S/C24H17F3N4O2.C17H14F3N3O2/c1-15-21(20-7-4-12-30(20)18-10-8-16(14-28)9-11-18)22(32)29(2)23(33)31(15)19-6-3-5-17(13-19)24(25,26)27;1-10-14(13-7-4-8-21-13)15(24)22(2)16(25)23(10)12-6-3-5-11(9-12)17(18,19)20/h3-13H,1-2H3;3-9,21H,1-2H3. The highest BCUT2D eigenvalue weighted by Crippen LogP contribution is 2.32. The number of benzene rings is 3. The number of nitriles is 1. The van der Waals surface area contributed by atoms with Crippen LogP contribution in [0.5, 0.6) is 0 Å². The van der Waals surface area contributed by atoms with Gasteiger partial charge in [-0.1, -0.05) is 12.1 Å². The van der Waals surface area contributed by atoms with E-state index >= 15 is 0 Å². The summed E-state index contributed by atoms with van der Waals surface area (Å²) in [6, 6.07) is 24.3. The van der Waals surface area contributed by atoms with E-state index in [9.17, 15) is 45.5 Å². The molecule has 1 N–H and O–H groups in total. The zero-order valence-electron chi connectivity index (χ0n) is 31.0. The summed E-state index contributed by atoms with van der Waals surface area (Å²) in [6.45, 7) is 3.05. The van der Waals surface area contributed by atoms with Crippen molar-refractivity contribution in [3.8, 4) is 45.6 Å². The minimum Gasteiger partial charge on any atom is -0.361 e. The average molecular weight is 800 g/mol. The summed E-state index contributed by atoms with van der Waals surface area (Å²) in [5, 5.41) is 9.03. The van der Waals surface area contributed by atoms with Crippen molar-refractivity contribution in [3.63, 3.8) is 0 Å². The Hall–Kier alpha value is -7.35. The maximum Gasteiger partial charge on any atom is 0.416 e. The zero-order valence-corrected chi connectivity index (χ0v) is 31.0. The third kappa shape index (κ3) is 7.46. The van der Waals surface area contributed by atoms with Gasteiger partial charge in [0, 0.05) is 43.6 Å². The van der Waals surface area contributed by atoms with Gasteiger partial charge in [0.25, 0.3) is 11.1 Å². The first-order valence-electron chi connectivity index (χ1n) is 17.2.